The van der Waals surface area contributed by atoms with Gasteiger partial charge in [-0.15, -0.1) is 0 Å². The van der Waals surface area contributed by atoms with Gasteiger partial charge in [0, 0.05) is 25.3 Å². The van der Waals surface area contributed by atoms with E-state index in [0.717, 1.165) is 6.26 Å². The van der Waals surface area contributed by atoms with Gasteiger partial charge in [0.15, 0.2) is 9.84 Å². The number of rotatable bonds is 9. The van der Waals surface area contributed by atoms with E-state index in [0.29, 0.717) is 18.4 Å². The first kappa shape index (κ1) is 28.1. The van der Waals surface area contributed by atoms with E-state index in [9.17, 15) is 31.7 Å². The average molecular weight is 549 g/mol. The minimum absolute atomic E-state index is 0.0261. The molecule has 2 aromatic rings. The second-order valence-electron chi connectivity index (χ2n) is 8.73. The summed E-state index contributed by atoms with van der Waals surface area (Å²) in [4.78, 5) is 31.1. The Bertz CT molecular complexity index is 1410. The largest absolute Gasteiger partial charge is 0.462 e. The van der Waals surface area contributed by atoms with Gasteiger partial charge in [-0.05, 0) is 31.4 Å². The molecule has 0 radical (unpaired) electrons. The maximum Gasteiger partial charge on any atom is 0.340 e. The van der Waals surface area contributed by atoms with Crippen LogP contribution in [-0.4, -0.2) is 59.6 Å². The van der Waals surface area contributed by atoms with Gasteiger partial charge >= 0.3 is 5.97 Å². The van der Waals surface area contributed by atoms with Crippen LogP contribution in [0.15, 0.2) is 36.4 Å². The summed E-state index contributed by atoms with van der Waals surface area (Å²) in [5, 5.41) is 9.68. The van der Waals surface area contributed by atoms with Gasteiger partial charge in [-0.2, -0.15) is 5.26 Å². The van der Waals surface area contributed by atoms with Gasteiger partial charge in [0.2, 0.25) is 15.9 Å². The minimum Gasteiger partial charge on any atom is -0.462 e. The number of sulfonamides is 1. The molecule has 1 aromatic heterocycles. The molecule has 13 heteroatoms. The molecule has 1 aliphatic rings. The molecule has 0 spiro atoms. The Morgan fingerprint density at radius 2 is 1.78 bits per heavy atom. The van der Waals surface area contributed by atoms with Crippen molar-refractivity contribution in [2.24, 2.45) is 5.92 Å². The number of pyridine rings is 1. The summed E-state index contributed by atoms with van der Waals surface area (Å²) < 4.78 is 55.9. The lowest BCUT2D eigenvalue weighted by Crippen LogP contribution is -2.43. The van der Waals surface area contributed by atoms with Crippen LogP contribution in [0.3, 0.4) is 0 Å². The van der Waals surface area contributed by atoms with Crippen LogP contribution < -0.4 is 9.62 Å². The number of benzene rings is 1. The molecule has 1 saturated heterocycles. The molecule has 1 aliphatic heterocycles. The Labute approximate surface area is 216 Å². The van der Waals surface area contributed by atoms with Crippen LogP contribution in [0.2, 0.25) is 0 Å². The lowest BCUT2D eigenvalue weighted by atomic mass is 9.96. The predicted octanol–water partition coefficient (Wildman–Crippen LogP) is 1.54. The third-order valence-corrected chi connectivity index (χ3v) is 7.74. The number of amides is 1. The number of anilines is 1. The summed E-state index contributed by atoms with van der Waals surface area (Å²) in [5.74, 6) is -2.57. The van der Waals surface area contributed by atoms with Gasteiger partial charge in [-0.3, -0.25) is 9.52 Å². The molecule has 1 amide bonds. The summed E-state index contributed by atoms with van der Waals surface area (Å²) in [6, 6.07) is 11.8. The van der Waals surface area contributed by atoms with E-state index in [1.807, 2.05) is 6.07 Å². The van der Waals surface area contributed by atoms with Crippen molar-refractivity contribution in [3.05, 3.63) is 58.8 Å². The number of sulfone groups is 1. The van der Waals surface area contributed by atoms with Crippen molar-refractivity contribution in [3.8, 4) is 6.07 Å². The second-order valence-corrected chi connectivity index (χ2v) is 12.6. The Balaban J connectivity index is 1.75. The number of aromatic nitrogens is 1. The zero-order valence-electron chi connectivity index (χ0n) is 20.5. The number of carbonyl (C=O) groups is 2. The van der Waals surface area contributed by atoms with Crippen molar-refractivity contribution in [3.63, 3.8) is 0 Å². The highest BCUT2D eigenvalue weighted by atomic mass is 32.2. The molecule has 0 saturated carbocycles. The summed E-state index contributed by atoms with van der Waals surface area (Å²) in [6.45, 7) is 2.22. The SMILES string of the molecule is CCOC(=O)c1cc(C#N)c(N2CCC(C(=O)NS(=O)(=O)Cc3ccccc3)CC2)nc1CS(C)(=O)=O. The molecule has 1 aromatic carbocycles. The fraction of sp³-hybridized carbons (Fsp3) is 0.417. The summed E-state index contributed by atoms with van der Waals surface area (Å²) in [7, 11) is -7.43. The van der Waals surface area contributed by atoms with E-state index in [-0.39, 0.29) is 48.1 Å². The maximum atomic E-state index is 12.7. The number of nitriles is 1. The van der Waals surface area contributed by atoms with Crippen LogP contribution >= 0.6 is 0 Å². The fourth-order valence-corrected chi connectivity index (χ4v) is 5.92. The Hall–Kier alpha value is -3.50. The number of esters is 1. The van der Waals surface area contributed by atoms with Gasteiger partial charge in [-0.25, -0.2) is 26.6 Å². The molecule has 1 N–H and O–H groups in total. The number of nitrogens with one attached hydrogen (secondary N) is 1. The molecule has 0 atom stereocenters. The first-order valence-electron chi connectivity index (χ1n) is 11.5. The van der Waals surface area contributed by atoms with Gasteiger partial charge in [0.1, 0.15) is 11.9 Å². The third kappa shape index (κ3) is 7.74. The fourth-order valence-electron chi connectivity index (χ4n) is 4.03. The Morgan fingerprint density at radius 3 is 2.35 bits per heavy atom. The number of piperidine rings is 1. The summed E-state index contributed by atoms with van der Waals surface area (Å²) in [5.41, 5.74) is 0.504. The van der Waals surface area contributed by atoms with Crippen molar-refractivity contribution >= 4 is 37.6 Å². The molecule has 198 valence electrons. The first-order chi connectivity index (χ1) is 17.4. The topological polar surface area (TPSA) is 164 Å². The molecule has 3 rings (SSSR count). The van der Waals surface area contributed by atoms with Crippen LogP contribution in [0.1, 0.15) is 46.9 Å². The van der Waals surface area contributed by atoms with Crippen LogP contribution in [0.5, 0.6) is 0 Å². The van der Waals surface area contributed by atoms with Crippen molar-refractivity contribution in [2.45, 2.75) is 31.3 Å². The zero-order chi connectivity index (χ0) is 27.2. The van der Waals surface area contributed by atoms with Crippen molar-refractivity contribution in [2.75, 3.05) is 30.9 Å². The van der Waals surface area contributed by atoms with Crippen LogP contribution in [0.4, 0.5) is 5.82 Å². The Kier molecular flexibility index (Phi) is 8.88. The minimum atomic E-state index is -3.87. The lowest BCUT2D eigenvalue weighted by Gasteiger charge is -2.33. The van der Waals surface area contributed by atoms with Gasteiger partial charge in [0.05, 0.1) is 34.9 Å². The highest BCUT2D eigenvalue weighted by molar-refractivity contribution is 7.90. The molecular weight excluding hydrogens is 520 g/mol. The van der Waals surface area contributed by atoms with Crippen molar-refractivity contribution < 1.29 is 31.2 Å². The monoisotopic (exact) mass is 548 g/mol. The quantitative estimate of drug-likeness (QED) is 0.455. The molecule has 2 heterocycles. The number of carbonyl (C=O) groups excluding carboxylic acids is 2. The van der Waals surface area contributed by atoms with Crippen LogP contribution in [-0.2, 0) is 40.9 Å². The molecule has 11 nitrogen and oxygen atoms in total. The van der Waals surface area contributed by atoms with Crippen LogP contribution in [0.25, 0.3) is 0 Å². The van der Waals surface area contributed by atoms with E-state index < -0.39 is 43.4 Å². The van der Waals surface area contributed by atoms with E-state index in [2.05, 4.69) is 9.71 Å². The molecule has 1 fully saturated rings. The number of ether oxygens (including phenoxy) is 1. The molecular formula is C24H28N4O7S2. The molecule has 0 unspecified atom stereocenters. The van der Waals surface area contributed by atoms with Gasteiger partial charge in [0.25, 0.3) is 0 Å². The second kappa shape index (κ2) is 11.7. The smallest absolute Gasteiger partial charge is 0.340 e. The Morgan fingerprint density at radius 1 is 1.14 bits per heavy atom. The maximum absolute atomic E-state index is 12.7. The summed E-state index contributed by atoms with van der Waals surface area (Å²) >= 11 is 0. The van der Waals surface area contributed by atoms with Crippen molar-refractivity contribution in [1.82, 2.24) is 9.71 Å². The van der Waals surface area contributed by atoms with E-state index in [4.69, 9.17) is 4.74 Å². The first-order valence-corrected chi connectivity index (χ1v) is 15.3. The van der Waals surface area contributed by atoms with Gasteiger partial charge < -0.3 is 9.64 Å². The zero-order valence-corrected chi connectivity index (χ0v) is 22.1. The molecule has 0 aliphatic carbocycles. The van der Waals surface area contributed by atoms with E-state index in [1.165, 1.54) is 6.07 Å². The molecule has 37 heavy (non-hydrogen) atoms. The third-order valence-electron chi connectivity index (χ3n) is 5.72. The molecule has 0 bridgehead atoms. The standard InChI is InChI=1S/C24H28N4O7S2/c1-3-35-24(30)20-13-19(14-25)22(26-21(20)16-36(2,31)32)28-11-9-18(10-12-28)23(29)27-37(33,34)15-17-7-5-4-6-8-17/h4-8,13,18H,3,9-12,15-16H2,1-2H3,(H,27,29). The average Bonchev–Trinajstić information content (AvgIpc) is 2.83. The summed E-state index contributed by atoms with van der Waals surface area (Å²) in [6.07, 6.45) is 1.60. The number of hydrogen-bond acceptors (Lipinski definition) is 10. The van der Waals surface area contributed by atoms with Crippen LogP contribution in [0, 0.1) is 17.2 Å². The highest BCUT2D eigenvalue weighted by Crippen LogP contribution is 2.28. The van der Waals surface area contributed by atoms with Crippen molar-refractivity contribution in [1.29, 1.82) is 5.26 Å². The van der Waals surface area contributed by atoms with Gasteiger partial charge in [-0.1, -0.05) is 30.3 Å². The predicted molar refractivity (Wildman–Crippen MR) is 136 cm³/mol. The number of hydrogen-bond donors (Lipinski definition) is 1. The van der Waals surface area contributed by atoms with E-state index in [1.54, 1.807) is 42.2 Å². The number of nitrogens with zero attached hydrogens (tertiary/aromatic N) is 3. The normalized spacial score (nSPS) is 14.6. The highest BCUT2D eigenvalue weighted by Gasteiger charge is 2.30. The van der Waals surface area contributed by atoms with E-state index >= 15 is 0 Å². The lowest BCUT2D eigenvalue weighted by molar-refractivity contribution is -0.123.